The van der Waals surface area contributed by atoms with Gasteiger partial charge < -0.3 is 0 Å². The minimum absolute atomic E-state index is 0.0527. The predicted octanol–water partition coefficient (Wildman–Crippen LogP) is 7.75. The molecule has 1 heterocycles. The summed E-state index contributed by atoms with van der Waals surface area (Å²) in [5.74, 6) is 0.0527. The SMILES string of the molecule is CCCCCc1nc2ccc(C)cc2c(Cc2ccc(Cl)cc2)c1C(=O)c1ccccc1. The van der Waals surface area contributed by atoms with Crippen LogP contribution in [0, 0.1) is 6.92 Å². The summed E-state index contributed by atoms with van der Waals surface area (Å²) in [6, 6.07) is 23.8. The van der Waals surface area contributed by atoms with Crippen LogP contribution >= 0.6 is 11.6 Å². The average molecular weight is 442 g/mol. The van der Waals surface area contributed by atoms with Crippen molar-refractivity contribution in [3.63, 3.8) is 0 Å². The van der Waals surface area contributed by atoms with Gasteiger partial charge in [-0.3, -0.25) is 9.78 Å². The number of carbonyl (C=O) groups is 1. The van der Waals surface area contributed by atoms with E-state index in [2.05, 4.69) is 32.0 Å². The van der Waals surface area contributed by atoms with Gasteiger partial charge in [-0.1, -0.05) is 85.5 Å². The van der Waals surface area contributed by atoms with Crippen molar-refractivity contribution >= 4 is 28.3 Å². The second-order valence-electron chi connectivity index (χ2n) is 8.39. The van der Waals surface area contributed by atoms with E-state index < -0.39 is 0 Å². The summed E-state index contributed by atoms with van der Waals surface area (Å²) in [6.45, 7) is 4.28. The van der Waals surface area contributed by atoms with Gasteiger partial charge in [0.15, 0.2) is 5.78 Å². The summed E-state index contributed by atoms with van der Waals surface area (Å²) >= 11 is 6.12. The second kappa shape index (κ2) is 10.1. The van der Waals surface area contributed by atoms with E-state index in [-0.39, 0.29) is 5.78 Å². The zero-order valence-electron chi connectivity index (χ0n) is 18.7. The lowest BCUT2D eigenvalue weighted by atomic mass is 9.88. The van der Waals surface area contributed by atoms with Gasteiger partial charge in [0.1, 0.15) is 0 Å². The van der Waals surface area contributed by atoms with Crippen molar-refractivity contribution in [1.29, 1.82) is 0 Å². The Kier molecular flexibility index (Phi) is 7.02. The molecule has 3 heteroatoms. The monoisotopic (exact) mass is 441 g/mol. The maximum absolute atomic E-state index is 13.8. The first-order chi connectivity index (χ1) is 15.6. The molecule has 162 valence electrons. The molecule has 0 bridgehead atoms. The van der Waals surface area contributed by atoms with Crippen LogP contribution in [-0.2, 0) is 12.8 Å². The smallest absolute Gasteiger partial charge is 0.195 e. The molecule has 0 radical (unpaired) electrons. The summed E-state index contributed by atoms with van der Waals surface area (Å²) in [4.78, 5) is 18.8. The van der Waals surface area contributed by atoms with Gasteiger partial charge in [0.25, 0.3) is 0 Å². The fourth-order valence-corrected chi connectivity index (χ4v) is 4.34. The van der Waals surface area contributed by atoms with E-state index in [1.807, 2.05) is 54.6 Å². The van der Waals surface area contributed by atoms with E-state index in [1.165, 1.54) is 0 Å². The molecule has 0 saturated heterocycles. The number of hydrogen-bond acceptors (Lipinski definition) is 2. The first-order valence-electron chi connectivity index (χ1n) is 11.3. The summed E-state index contributed by atoms with van der Waals surface area (Å²) in [5.41, 5.74) is 6.68. The Balaban J connectivity index is 1.95. The molecule has 1 aromatic heterocycles. The van der Waals surface area contributed by atoms with Crippen LogP contribution in [-0.4, -0.2) is 10.8 Å². The third kappa shape index (κ3) is 4.92. The Morgan fingerprint density at radius 2 is 1.69 bits per heavy atom. The zero-order valence-corrected chi connectivity index (χ0v) is 19.5. The van der Waals surface area contributed by atoms with Crippen molar-refractivity contribution in [2.75, 3.05) is 0 Å². The Morgan fingerprint density at radius 1 is 0.938 bits per heavy atom. The van der Waals surface area contributed by atoms with Gasteiger partial charge in [0.05, 0.1) is 11.2 Å². The average Bonchev–Trinajstić information content (AvgIpc) is 2.81. The molecule has 0 unspecified atom stereocenters. The van der Waals surface area contributed by atoms with Crippen LogP contribution in [0.5, 0.6) is 0 Å². The highest BCUT2D eigenvalue weighted by atomic mass is 35.5. The molecule has 4 rings (SSSR count). The van der Waals surface area contributed by atoms with Crippen LogP contribution < -0.4 is 0 Å². The van der Waals surface area contributed by atoms with Crippen molar-refractivity contribution in [3.8, 4) is 0 Å². The Hall–Kier alpha value is -2.97. The lowest BCUT2D eigenvalue weighted by Crippen LogP contribution is -2.13. The lowest BCUT2D eigenvalue weighted by molar-refractivity contribution is 0.103. The van der Waals surface area contributed by atoms with Gasteiger partial charge in [-0.15, -0.1) is 0 Å². The van der Waals surface area contributed by atoms with Crippen LogP contribution in [0.15, 0.2) is 72.8 Å². The summed E-state index contributed by atoms with van der Waals surface area (Å²) < 4.78 is 0. The predicted molar refractivity (Wildman–Crippen MR) is 134 cm³/mol. The van der Waals surface area contributed by atoms with E-state index in [1.54, 1.807) is 0 Å². The molecule has 0 spiro atoms. The third-order valence-electron chi connectivity index (χ3n) is 5.90. The van der Waals surface area contributed by atoms with Gasteiger partial charge in [0.2, 0.25) is 0 Å². The maximum atomic E-state index is 13.8. The fourth-order valence-electron chi connectivity index (χ4n) is 4.21. The van der Waals surface area contributed by atoms with Gasteiger partial charge >= 0.3 is 0 Å². The topological polar surface area (TPSA) is 30.0 Å². The standard InChI is InChI=1S/C29H28ClNO/c1-3-4-6-11-27-28(29(32)22-9-7-5-8-10-22)25(19-21-13-15-23(30)16-14-21)24-18-20(2)12-17-26(24)31-27/h5,7-10,12-18H,3-4,6,11,19H2,1-2H3. The number of rotatable bonds is 8. The maximum Gasteiger partial charge on any atom is 0.195 e. The molecule has 32 heavy (non-hydrogen) atoms. The molecule has 0 amide bonds. The molecule has 0 aliphatic carbocycles. The number of nitrogens with zero attached hydrogens (tertiary/aromatic N) is 1. The second-order valence-corrected chi connectivity index (χ2v) is 8.82. The minimum atomic E-state index is 0.0527. The van der Waals surface area contributed by atoms with Crippen LogP contribution in [0.2, 0.25) is 5.02 Å². The highest BCUT2D eigenvalue weighted by Gasteiger charge is 2.22. The molecule has 4 aromatic rings. The number of unbranched alkanes of at least 4 members (excludes halogenated alkanes) is 2. The van der Waals surface area contributed by atoms with E-state index in [9.17, 15) is 4.79 Å². The van der Waals surface area contributed by atoms with Crippen molar-refractivity contribution in [3.05, 3.63) is 111 Å². The van der Waals surface area contributed by atoms with Gasteiger partial charge in [-0.2, -0.15) is 0 Å². The molecule has 3 aromatic carbocycles. The number of pyridine rings is 1. The Labute approximate surface area is 195 Å². The fraction of sp³-hybridized carbons (Fsp3) is 0.241. The molecule has 0 atom stereocenters. The number of halogens is 1. The largest absolute Gasteiger partial charge is 0.289 e. The molecular formula is C29H28ClNO. The number of ketones is 1. The molecule has 0 aliphatic rings. The van der Waals surface area contributed by atoms with Crippen molar-refractivity contribution < 1.29 is 4.79 Å². The summed E-state index contributed by atoms with van der Waals surface area (Å²) in [6.07, 6.45) is 4.75. The van der Waals surface area contributed by atoms with E-state index in [0.29, 0.717) is 17.0 Å². The minimum Gasteiger partial charge on any atom is -0.289 e. The highest BCUT2D eigenvalue weighted by Crippen LogP contribution is 2.30. The lowest BCUT2D eigenvalue weighted by Gasteiger charge is -2.18. The number of aromatic nitrogens is 1. The molecule has 2 nitrogen and oxygen atoms in total. The van der Waals surface area contributed by atoms with Gasteiger partial charge in [-0.05, 0) is 61.6 Å². The van der Waals surface area contributed by atoms with E-state index in [0.717, 1.165) is 64.5 Å². The van der Waals surface area contributed by atoms with Crippen molar-refractivity contribution in [2.24, 2.45) is 0 Å². The molecule has 0 fully saturated rings. The first kappa shape index (κ1) is 22.2. The third-order valence-corrected chi connectivity index (χ3v) is 6.15. The number of fused-ring (bicyclic) bond motifs is 1. The number of benzene rings is 3. The van der Waals surface area contributed by atoms with Crippen LogP contribution in [0.4, 0.5) is 0 Å². The Morgan fingerprint density at radius 3 is 2.41 bits per heavy atom. The number of aryl methyl sites for hydroxylation is 2. The Bertz CT molecular complexity index is 1230. The molecular weight excluding hydrogens is 414 g/mol. The number of hydrogen-bond donors (Lipinski definition) is 0. The van der Waals surface area contributed by atoms with Crippen molar-refractivity contribution in [2.45, 2.75) is 46.0 Å². The normalized spacial score (nSPS) is 11.1. The zero-order chi connectivity index (χ0) is 22.5. The van der Waals surface area contributed by atoms with Crippen molar-refractivity contribution in [1.82, 2.24) is 4.98 Å². The van der Waals surface area contributed by atoms with Gasteiger partial charge in [-0.25, -0.2) is 0 Å². The molecule has 0 saturated carbocycles. The highest BCUT2D eigenvalue weighted by molar-refractivity contribution is 6.30. The molecule has 0 N–H and O–H groups in total. The van der Waals surface area contributed by atoms with E-state index >= 15 is 0 Å². The van der Waals surface area contributed by atoms with Crippen LogP contribution in [0.1, 0.15) is 64.5 Å². The van der Waals surface area contributed by atoms with Crippen LogP contribution in [0.3, 0.4) is 0 Å². The first-order valence-corrected chi connectivity index (χ1v) is 11.7. The molecule has 0 aliphatic heterocycles. The van der Waals surface area contributed by atoms with Gasteiger partial charge in [0, 0.05) is 21.5 Å². The summed E-state index contributed by atoms with van der Waals surface area (Å²) in [5, 5.41) is 1.77. The quantitative estimate of drug-likeness (QED) is 0.206. The van der Waals surface area contributed by atoms with E-state index in [4.69, 9.17) is 16.6 Å². The summed E-state index contributed by atoms with van der Waals surface area (Å²) in [7, 11) is 0. The van der Waals surface area contributed by atoms with Crippen LogP contribution in [0.25, 0.3) is 10.9 Å². The number of carbonyl (C=O) groups excluding carboxylic acids is 1.